The van der Waals surface area contributed by atoms with Gasteiger partial charge < -0.3 is 9.47 Å². The lowest BCUT2D eigenvalue weighted by atomic mass is 10.0. The van der Waals surface area contributed by atoms with Gasteiger partial charge in [0, 0.05) is 5.92 Å². The highest BCUT2D eigenvalue weighted by molar-refractivity contribution is 5.89. The van der Waals surface area contributed by atoms with E-state index in [1.54, 1.807) is 18.2 Å². The van der Waals surface area contributed by atoms with Crippen LogP contribution < -0.4 is 0 Å². The third kappa shape index (κ3) is 2.94. The van der Waals surface area contributed by atoms with Crippen molar-refractivity contribution >= 4 is 5.97 Å². The Bertz CT molecular complexity index is 395. The van der Waals surface area contributed by atoms with Crippen LogP contribution in [0.3, 0.4) is 0 Å². The molecule has 0 bridgehead atoms. The Kier molecular flexibility index (Phi) is 3.59. The molecule has 3 heteroatoms. The normalized spacial score (nSPS) is 21.4. The van der Waals surface area contributed by atoms with E-state index < -0.39 is 0 Å². The lowest BCUT2D eigenvalue weighted by Gasteiger charge is -2.19. The summed E-state index contributed by atoms with van der Waals surface area (Å²) in [4.78, 5) is 11.9. The molecule has 1 fully saturated rings. The van der Waals surface area contributed by atoms with Crippen molar-refractivity contribution in [1.29, 1.82) is 0 Å². The highest BCUT2D eigenvalue weighted by Crippen LogP contribution is 2.25. The van der Waals surface area contributed by atoms with Crippen molar-refractivity contribution in [3.63, 3.8) is 0 Å². The maximum atomic E-state index is 11.9. The van der Waals surface area contributed by atoms with Crippen LogP contribution in [-0.4, -0.2) is 24.8 Å². The van der Waals surface area contributed by atoms with Crippen LogP contribution in [0.5, 0.6) is 0 Å². The number of rotatable bonds is 5. The van der Waals surface area contributed by atoms with Crippen molar-refractivity contribution < 1.29 is 14.3 Å². The molecular formula is C14H16O3. The van der Waals surface area contributed by atoms with Gasteiger partial charge >= 0.3 is 5.97 Å². The molecule has 0 aromatic heterocycles. The van der Waals surface area contributed by atoms with E-state index >= 15 is 0 Å². The van der Waals surface area contributed by atoms with Crippen LogP contribution in [0.4, 0.5) is 0 Å². The first-order chi connectivity index (χ1) is 8.22. The zero-order valence-corrected chi connectivity index (χ0v) is 9.84. The fourth-order valence-electron chi connectivity index (χ4n) is 1.71. The molecule has 0 N–H and O–H groups in total. The molecule has 3 atom stereocenters. The summed E-state index contributed by atoms with van der Waals surface area (Å²) in [6.45, 7) is 6.45. The Morgan fingerprint density at radius 2 is 2.18 bits per heavy atom. The first-order valence-corrected chi connectivity index (χ1v) is 5.72. The zero-order chi connectivity index (χ0) is 12.3. The number of carbonyl (C=O) groups excluding carboxylic acids is 1. The SMILES string of the molecule is C=C[C@@H](OC(=O)c1ccccc1)[C@@H](C)[C@H]1CO1. The van der Waals surface area contributed by atoms with Crippen molar-refractivity contribution in [2.45, 2.75) is 19.1 Å². The molecule has 1 aromatic rings. The molecule has 1 aliphatic heterocycles. The van der Waals surface area contributed by atoms with Crippen LogP contribution in [0, 0.1) is 5.92 Å². The zero-order valence-electron chi connectivity index (χ0n) is 9.84. The molecule has 17 heavy (non-hydrogen) atoms. The van der Waals surface area contributed by atoms with Crippen molar-refractivity contribution in [2.24, 2.45) is 5.92 Å². The second-order valence-corrected chi connectivity index (χ2v) is 4.20. The number of benzene rings is 1. The maximum Gasteiger partial charge on any atom is 0.338 e. The number of epoxide rings is 1. The smallest absolute Gasteiger partial charge is 0.338 e. The quantitative estimate of drug-likeness (QED) is 0.444. The average Bonchev–Trinajstić information content (AvgIpc) is 3.20. The molecule has 0 aliphatic carbocycles. The average molecular weight is 232 g/mol. The summed E-state index contributed by atoms with van der Waals surface area (Å²) in [6, 6.07) is 8.96. The minimum atomic E-state index is -0.317. The Balaban J connectivity index is 1.98. The van der Waals surface area contributed by atoms with Gasteiger partial charge in [-0.3, -0.25) is 0 Å². The Labute approximate surface area is 101 Å². The summed E-state index contributed by atoms with van der Waals surface area (Å²) in [5.74, 6) is -0.164. The van der Waals surface area contributed by atoms with Gasteiger partial charge in [-0.05, 0) is 12.1 Å². The standard InChI is InChI=1S/C14H16O3/c1-3-12(10(2)13-9-16-13)17-14(15)11-7-5-4-6-8-11/h3-8,10,12-13H,1,9H2,2H3/t10-,12-,13-/m1/s1. The van der Waals surface area contributed by atoms with E-state index in [0.717, 1.165) is 6.61 Å². The molecule has 0 saturated carbocycles. The van der Waals surface area contributed by atoms with Crippen LogP contribution in [0.2, 0.25) is 0 Å². The van der Waals surface area contributed by atoms with E-state index in [0.29, 0.717) is 5.56 Å². The lowest BCUT2D eigenvalue weighted by molar-refractivity contribution is 0.0263. The monoisotopic (exact) mass is 232 g/mol. The minimum Gasteiger partial charge on any atom is -0.454 e. The van der Waals surface area contributed by atoms with Crippen LogP contribution in [0.15, 0.2) is 43.0 Å². The molecule has 0 amide bonds. The van der Waals surface area contributed by atoms with E-state index in [9.17, 15) is 4.79 Å². The van der Waals surface area contributed by atoms with Gasteiger partial charge in [-0.15, -0.1) is 0 Å². The highest BCUT2D eigenvalue weighted by Gasteiger charge is 2.35. The highest BCUT2D eigenvalue weighted by atomic mass is 16.6. The van der Waals surface area contributed by atoms with Crippen LogP contribution in [-0.2, 0) is 9.47 Å². The maximum absolute atomic E-state index is 11.9. The summed E-state index contributed by atoms with van der Waals surface area (Å²) in [7, 11) is 0. The van der Waals surface area contributed by atoms with Crippen molar-refractivity contribution in [3.8, 4) is 0 Å². The van der Waals surface area contributed by atoms with E-state index in [1.165, 1.54) is 0 Å². The number of carbonyl (C=O) groups is 1. The molecule has 1 saturated heterocycles. The van der Waals surface area contributed by atoms with Gasteiger partial charge in [0.25, 0.3) is 0 Å². The predicted octanol–water partition coefficient (Wildman–Crippen LogP) is 2.43. The number of hydrogen-bond acceptors (Lipinski definition) is 3. The third-order valence-electron chi connectivity index (χ3n) is 2.95. The Morgan fingerprint density at radius 1 is 1.53 bits per heavy atom. The van der Waals surface area contributed by atoms with Crippen molar-refractivity contribution in [1.82, 2.24) is 0 Å². The largest absolute Gasteiger partial charge is 0.454 e. The van der Waals surface area contributed by atoms with Crippen LogP contribution in [0.1, 0.15) is 17.3 Å². The van der Waals surface area contributed by atoms with E-state index in [-0.39, 0.29) is 24.1 Å². The summed E-state index contributed by atoms with van der Waals surface area (Å²) < 4.78 is 10.6. The number of ether oxygens (including phenoxy) is 2. The van der Waals surface area contributed by atoms with E-state index in [2.05, 4.69) is 6.58 Å². The van der Waals surface area contributed by atoms with Crippen molar-refractivity contribution in [3.05, 3.63) is 48.6 Å². The summed E-state index contributed by atoms with van der Waals surface area (Å²) in [5.41, 5.74) is 0.559. The summed E-state index contributed by atoms with van der Waals surface area (Å²) >= 11 is 0. The number of hydrogen-bond donors (Lipinski definition) is 0. The van der Waals surface area contributed by atoms with Gasteiger partial charge in [-0.1, -0.05) is 37.8 Å². The molecule has 0 unspecified atom stereocenters. The summed E-state index contributed by atoms with van der Waals surface area (Å²) in [6.07, 6.45) is 1.56. The van der Waals surface area contributed by atoms with Gasteiger partial charge in [0.2, 0.25) is 0 Å². The number of esters is 1. The topological polar surface area (TPSA) is 38.8 Å². The molecule has 2 rings (SSSR count). The van der Waals surface area contributed by atoms with Crippen LogP contribution in [0.25, 0.3) is 0 Å². The fourth-order valence-corrected chi connectivity index (χ4v) is 1.71. The first kappa shape index (κ1) is 11.9. The molecule has 3 nitrogen and oxygen atoms in total. The first-order valence-electron chi connectivity index (χ1n) is 5.72. The molecule has 1 aliphatic rings. The second-order valence-electron chi connectivity index (χ2n) is 4.20. The molecule has 0 radical (unpaired) electrons. The van der Waals surface area contributed by atoms with Gasteiger partial charge in [0.1, 0.15) is 6.10 Å². The second kappa shape index (κ2) is 5.15. The van der Waals surface area contributed by atoms with Crippen LogP contribution >= 0.6 is 0 Å². The van der Waals surface area contributed by atoms with E-state index in [4.69, 9.17) is 9.47 Å². The van der Waals surface area contributed by atoms with Gasteiger partial charge in [0.15, 0.2) is 0 Å². The Morgan fingerprint density at radius 3 is 2.71 bits per heavy atom. The molecule has 0 spiro atoms. The van der Waals surface area contributed by atoms with E-state index in [1.807, 2.05) is 25.1 Å². The lowest BCUT2D eigenvalue weighted by Crippen LogP contribution is -2.26. The molecule has 1 aromatic carbocycles. The van der Waals surface area contributed by atoms with Gasteiger partial charge in [0.05, 0.1) is 18.3 Å². The Hall–Kier alpha value is -1.61. The minimum absolute atomic E-state index is 0.153. The molecule has 1 heterocycles. The molecular weight excluding hydrogens is 216 g/mol. The fraction of sp³-hybridized carbons (Fsp3) is 0.357. The predicted molar refractivity (Wildman–Crippen MR) is 64.7 cm³/mol. The summed E-state index contributed by atoms with van der Waals surface area (Å²) in [5, 5.41) is 0. The third-order valence-corrected chi connectivity index (χ3v) is 2.95. The van der Waals surface area contributed by atoms with Gasteiger partial charge in [-0.2, -0.15) is 0 Å². The van der Waals surface area contributed by atoms with Gasteiger partial charge in [-0.25, -0.2) is 4.79 Å². The molecule has 90 valence electrons. The van der Waals surface area contributed by atoms with Crippen molar-refractivity contribution in [2.75, 3.05) is 6.61 Å².